The van der Waals surface area contributed by atoms with E-state index in [4.69, 9.17) is 9.57 Å². The maximum Gasteiger partial charge on any atom is 0.273 e. The lowest BCUT2D eigenvalue weighted by molar-refractivity contribution is -0.135. The molecule has 2 aromatic rings. The molecule has 126 valence electrons. The molecule has 24 heavy (non-hydrogen) atoms. The number of nitrogens with zero attached hydrogens (tertiary/aromatic N) is 3. The Balaban J connectivity index is 1.73. The summed E-state index contributed by atoms with van der Waals surface area (Å²) in [4.78, 5) is 18.0. The molecule has 8 heteroatoms. The van der Waals surface area contributed by atoms with Crippen LogP contribution in [0.3, 0.4) is 0 Å². The number of ether oxygens (including phenoxy) is 1. The van der Waals surface area contributed by atoms with E-state index in [1.807, 2.05) is 31.2 Å². The molecule has 2 heterocycles. The second-order valence-corrected chi connectivity index (χ2v) is 6.61. The number of rotatable bonds is 5. The third-order valence-electron chi connectivity index (χ3n) is 3.75. The van der Waals surface area contributed by atoms with Gasteiger partial charge in [0.15, 0.2) is 0 Å². The van der Waals surface area contributed by atoms with Crippen LogP contribution in [0, 0.1) is 0 Å². The van der Waals surface area contributed by atoms with Crippen molar-refractivity contribution in [2.24, 2.45) is 5.16 Å². The summed E-state index contributed by atoms with van der Waals surface area (Å²) in [5.74, 6) is 0.399. The molecule has 0 spiro atoms. The molecule has 1 aliphatic rings. The molecule has 0 saturated carbocycles. The molecule has 1 amide bonds. The van der Waals surface area contributed by atoms with Crippen molar-refractivity contribution < 1.29 is 14.4 Å². The summed E-state index contributed by atoms with van der Waals surface area (Å²) in [5.41, 5.74) is 0.408. The zero-order chi connectivity index (χ0) is 17.2. The van der Waals surface area contributed by atoms with Crippen LogP contribution in [0.15, 0.2) is 29.4 Å². The summed E-state index contributed by atoms with van der Waals surface area (Å²) in [6.45, 7) is 3.69. The number of aryl methyl sites for hydroxylation is 1. The van der Waals surface area contributed by atoms with Gasteiger partial charge in [-0.3, -0.25) is 10.1 Å². The monoisotopic (exact) mass is 346 g/mol. The normalized spacial score (nSPS) is 19.5. The highest BCUT2D eigenvalue weighted by molar-refractivity contribution is 7.15. The van der Waals surface area contributed by atoms with E-state index in [1.54, 1.807) is 14.0 Å². The van der Waals surface area contributed by atoms with E-state index < -0.39 is 5.60 Å². The van der Waals surface area contributed by atoms with Gasteiger partial charge in [0.05, 0.1) is 12.8 Å². The van der Waals surface area contributed by atoms with Crippen molar-refractivity contribution in [1.82, 2.24) is 10.2 Å². The number of benzene rings is 1. The Morgan fingerprint density at radius 2 is 2.21 bits per heavy atom. The lowest BCUT2D eigenvalue weighted by Gasteiger charge is -2.19. The van der Waals surface area contributed by atoms with Crippen LogP contribution in [0.1, 0.15) is 30.8 Å². The lowest BCUT2D eigenvalue weighted by Crippen LogP contribution is -2.40. The van der Waals surface area contributed by atoms with Gasteiger partial charge in [0.25, 0.3) is 5.91 Å². The highest BCUT2D eigenvalue weighted by Gasteiger charge is 2.43. The fraction of sp³-hybridized carbons (Fsp3) is 0.375. The van der Waals surface area contributed by atoms with Crippen LogP contribution in [0.4, 0.5) is 5.13 Å². The van der Waals surface area contributed by atoms with Gasteiger partial charge in [-0.15, -0.1) is 10.2 Å². The summed E-state index contributed by atoms with van der Waals surface area (Å²) >= 11 is 1.35. The van der Waals surface area contributed by atoms with Crippen molar-refractivity contribution in [3.63, 3.8) is 0 Å². The lowest BCUT2D eigenvalue weighted by atomic mass is 9.95. The van der Waals surface area contributed by atoms with Gasteiger partial charge in [0, 0.05) is 12.0 Å². The average Bonchev–Trinajstić information content (AvgIpc) is 3.22. The van der Waals surface area contributed by atoms with Crippen LogP contribution in [0.5, 0.6) is 5.75 Å². The third-order valence-corrected chi connectivity index (χ3v) is 4.73. The summed E-state index contributed by atoms with van der Waals surface area (Å²) in [6, 6.07) is 7.51. The van der Waals surface area contributed by atoms with Crippen LogP contribution in [-0.2, 0) is 16.1 Å². The number of carbonyl (C=O) groups excluding carboxylic acids is 1. The topological polar surface area (TPSA) is 85.7 Å². The molecule has 1 aliphatic heterocycles. The smallest absolute Gasteiger partial charge is 0.273 e. The molecule has 0 bridgehead atoms. The fourth-order valence-electron chi connectivity index (χ4n) is 2.37. The molecule has 0 aliphatic carbocycles. The van der Waals surface area contributed by atoms with E-state index in [-0.39, 0.29) is 5.91 Å². The van der Waals surface area contributed by atoms with Crippen LogP contribution in [0.2, 0.25) is 0 Å². The largest absolute Gasteiger partial charge is 0.496 e. The molecule has 7 nitrogen and oxygen atoms in total. The number of para-hydroxylation sites is 1. The van der Waals surface area contributed by atoms with Crippen molar-refractivity contribution in [3.05, 3.63) is 34.8 Å². The van der Waals surface area contributed by atoms with Gasteiger partial charge in [-0.1, -0.05) is 35.5 Å². The van der Waals surface area contributed by atoms with Gasteiger partial charge in [-0.25, -0.2) is 0 Å². The van der Waals surface area contributed by atoms with Gasteiger partial charge < -0.3 is 9.57 Å². The first-order valence-corrected chi connectivity index (χ1v) is 8.39. The molecular formula is C16H18N4O3S. The van der Waals surface area contributed by atoms with E-state index in [2.05, 4.69) is 20.7 Å². The quantitative estimate of drug-likeness (QED) is 0.899. The summed E-state index contributed by atoms with van der Waals surface area (Å²) < 4.78 is 5.34. The zero-order valence-electron chi connectivity index (χ0n) is 13.7. The number of oxime groups is 1. The average molecular weight is 346 g/mol. The van der Waals surface area contributed by atoms with Crippen LogP contribution in [0.25, 0.3) is 0 Å². The molecule has 1 aromatic carbocycles. The zero-order valence-corrected chi connectivity index (χ0v) is 14.5. The molecular weight excluding hydrogens is 328 g/mol. The fourth-order valence-corrected chi connectivity index (χ4v) is 3.04. The Morgan fingerprint density at radius 3 is 2.92 bits per heavy atom. The van der Waals surface area contributed by atoms with E-state index in [1.165, 1.54) is 11.3 Å². The highest BCUT2D eigenvalue weighted by atomic mass is 32.1. The maximum atomic E-state index is 12.6. The first-order valence-electron chi connectivity index (χ1n) is 7.58. The Morgan fingerprint density at radius 1 is 1.42 bits per heavy atom. The van der Waals surface area contributed by atoms with E-state index >= 15 is 0 Å². The second-order valence-electron chi connectivity index (χ2n) is 5.55. The number of amides is 1. The molecule has 3 rings (SSSR count). The Bertz CT molecular complexity index is 789. The molecule has 0 radical (unpaired) electrons. The Kier molecular flexibility index (Phi) is 4.48. The van der Waals surface area contributed by atoms with Crippen molar-refractivity contribution in [2.45, 2.75) is 32.3 Å². The summed E-state index contributed by atoms with van der Waals surface area (Å²) in [7, 11) is 1.60. The molecule has 0 fully saturated rings. The Hall–Kier alpha value is -2.48. The predicted octanol–water partition coefficient (Wildman–Crippen LogP) is 2.63. The van der Waals surface area contributed by atoms with Crippen molar-refractivity contribution in [1.29, 1.82) is 0 Å². The number of hydrogen-bond acceptors (Lipinski definition) is 7. The highest BCUT2D eigenvalue weighted by Crippen LogP contribution is 2.31. The minimum absolute atomic E-state index is 0.296. The van der Waals surface area contributed by atoms with Crippen molar-refractivity contribution in [2.75, 3.05) is 12.4 Å². The number of methoxy groups -OCH3 is 1. The number of nitrogens with one attached hydrogen (secondary N) is 1. The van der Waals surface area contributed by atoms with Gasteiger partial charge in [0.1, 0.15) is 10.8 Å². The molecule has 0 unspecified atom stereocenters. The molecule has 1 N–H and O–H groups in total. The Labute approximate surface area is 143 Å². The summed E-state index contributed by atoms with van der Waals surface area (Å²) in [6.07, 6.45) is 1.13. The standard InChI is InChI=1S/C16H18N4O3S/c1-4-13-18-19-15(24-13)17-14(21)16(2)9-11(20-23-16)10-7-5-6-8-12(10)22-3/h5-8H,4,9H2,1-3H3,(H,17,19,21)/t16-/m0/s1. The van der Waals surface area contributed by atoms with Gasteiger partial charge in [-0.2, -0.15) is 0 Å². The number of hydrogen-bond donors (Lipinski definition) is 1. The van der Waals surface area contributed by atoms with Gasteiger partial charge >= 0.3 is 0 Å². The minimum Gasteiger partial charge on any atom is -0.496 e. The van der Waals surface area contributed by atoms with Gasteiger partial charge in [-0.05, 0) is 25.5 Å². The molecule has 1 aromatic heterocycles. The first-order chi connectivity index (χ1) is 11.6. The minimum atomic E-state index is -1.09. The van der Waals surface area contributed by atoms with Crippen LogP contribution < -0.4 is 10.1 Å². The third kappa shape index (κ3) is 3.09. The van der Waals surface area contributed by atoms with Gasteiger partial charge in [0.2, 0.25) is 10.7 Å². The van der Waals surface area contributed by atoms with E-state index in [9.17, 15) is 4.79 Å². The SMILES string of the molecule is CCc1nnc(NC(=O)[C@]2(C)CC(c3ccccc3OC)=NO2)s1. The number of aromatic nitrogens is 2. The maximum absolute atomic E-state index is 12.6. The predicted molar refractivity (Wildman–Crippen MR) is 91.6 cm³/mol. The molecule has 1 atom stereocenters. The second kappa shape index (κ2) is 6.56. The van der Waals surface area contributed by atoms with Crippen LogP contribution >= 0.6 is 11.3 Å². The van der Waals surface area contributed by atoms with E-state index in [0.29, 0.717) is 23.0 Å². The summed E-state index contributed by atoms with van der Waals surface area (Å²) in [5, 5.41) is 16.1. The number of carbonyl (C=O) groups is 1. The first kappa shape index (κ1) is 16.4. The van der Waals surface area contributed by atoms with Crippen molar-refractivity contribution in [3.8, 4) is 5.75 Å². The van der Waals surface area contributed by atoms with E-state index in [0.717, 1.165) is 17.0 Å². The number of anilines is 1. The van der Waals surface area contributed by atoms with Crippen LogP contribution in [-0.4, -0.2) is 34.5 Å². The van der Waals surface area contributed by atoms with Crippen molar-refractivity contribution >= 4 is 28.1 Å². The molecule has 0 saturated heterocycles.